The Morgan fingerprint density at radius 1 is 1.14 bits per heavy atom. The molecular formula is C22H25N7. The molecule has 0 radical (unpaired) electrons. The third kappa shape index (κ3) is 3.61. The molecule has 0 saturated carbocycles. The molecule has 5 N–H and O–H groups in total. The van der Waals surface area contributed by atoms with Gasteiger partial charge in [-0.1, -0.05) is 24.3 Å². The number of aliphatic imine (C=N–C) groups is 1. The highest BCUT2D eigenvalue weighted by Crippen LogP contribution is 2.31. The molecule has 2 atom stereocenters. The number of pyridine rings is 1. The molecular weight excluding hydrogens is 362 g/mol. The van der Waals surface area contributed by atoms with E-state index in [1.165, 1.54) is 5.56 Å². The Morgan fingerprint density at radius 3 is 2.86 bits per heavy atom. The molecule has 0 bridgehead atoms. The fraction of sp³-hybridized carbons (Fsp3) is 0.273. The molecule has 0 amide bonds. The van der Waals surface area contributed by atoms with Crippen molar-refractivity contribution in [3.05, 3.63) is 77.5 Å². The first kappa shape index (κ1) is 18.2. The highest BCUT2D eigenvalue weighted by Gasteiger charge is 2.31. The molecule has 4 heterocycles. The van der Waals surface area contributed by atoms with Gasteiger partial charge < -0.3 is 11.5 Å². The van der Waals surface area contributed by atoms with Crippen LogP contribution in [-0.2, 0) is 6.54 Å². The molecule has 148 valence electrons. The van der Waals surface area contributed by atoms with Gasteiger partial charge >= 0.3 is 0 Å². The number of rotatable bonds is 4. The van der Waals surface area contributed by atoms with Crippen molar-refractivity contribution < 1.29 is 0 Å². The van der Waals surface area contributed by atoms with E-state index in [1.807, 2.05) is 35.6 Å². The Morgan fingerprint density at radius 2 is 2.07 bits per heavy atom. The zero-order chi connectivity index (χ0) is 19.8. The Hall–Kier alpha value is -2.84. The van der Waals surface area contributed by atoms with Crippen LogP contribution >= 0.6 is 0 Å². The molecule has 5 rings (SSSR count). The van der Waals surface area contributed by atoms with E-state index >= 15 is 0 Å². The fourth-order valence-corrected chi connectivity index (χ4v) is 4.14. The molecule has 1 aromatic carbocycles. The Kier molecular flexibility index (Phi) is 4.73. The van der Waals surface area contributed by atoms with E-state index in [1.54, 1.807) is 6.20 Å². The first-order valence-electron chi connectivity index (χ1n) is 9.97. The summed E-state index contributed by atoms with van der Waals surface area (Å²) in [5.41, 5.74) is 20.8. The maximum Gasteiger partial charge on any atom is 0.155 e. The van der Waals surface area contributed by atoms with Crippen molar-refractivity contribution in [1.82, 2.24) is 20.3 Å². The highest BCUT2D eigenvalue weighted by molar-refractivity contribution is 6.11. The number of aromatic nitrogens is 1. The van der Waals surface area contributed by atoms with Crippen LogP contribution < -0.4 is 16.9 Å². The number of nitrogens with one attached hydrogen (secondary N) is 1. The van der Waals surface area contributed by atoms with E-state index < -0.39 is 0 Å². The molecule has 3 aliphatic rings. The Balaban J connectivity index is 1.39. The van der Waals surface area contributed by atoms with E-state index in [-0.39, 0.29) is 6.17 Å². The van der Waals surface area contributed by atoms with Gasteiger partial charge in [0.15, 0.2) is 5.82 Å². The molecule has 1 fully saturated rings. The standard InChI is InChI=1S/C22H25N7/c23-18-7-9-28(14-18)12-15-4-3-5-16(10-15)17-11-26-22-20(19-6-1-2-8-25-19)21(24)27-29(22)13-17/h1-6,8,10-11,13,18,21,27H,7,9,12,14,23-24H2/t18-,21?/m0/s1. The van der Waals surface area contributed by atoms with Gasteiger partial charge in [-0.05, 0) is 35.7 Å². The van der Waals surface area contributed by atoms with Crippen molar-refractivity contribution in [3.63, 3.8) is 0 Å². The lowest BCUT2D eigenvalue weighted by Crippen LogP contribution is -2.40. The van der Waals surface area contributed by atoms with Crippen LogP contribution in [0.1, 0.15) is 23.2 Å². The average molecular weight is 387 g/mol. The lowest BCUT2D eigenvalue weighted by atomic mass is 10.0. The number of nitrogens with zero attached hydrogens (tertiary/aromatic N) is 4. The highest BCUT2D eigenvalue weighted by atomic mass is 15.6. The molecule has 2 aromatic rings. The molecule has 0 aliphatic carbocycles. The first-order chi connectivity index (χ1) is 14.2. The topological polar surface area (TPSA) is 95.8 Å². The molecule has 1 unspecified atom stereocenters. The van der Waals surface area contributed by atoms with Crippen LogP contribution in [0.25, 0.3) is 11.1 Å². The second kappa shape index (κ2) is 7.53. The van der Waals surface area contributed by atoms with Crippen LogP contribution in [0.5, 0.6) is 0 Å². The van der Waals surface area contributed by atoms with Crippen LogP contribution in [-0.4, -0.2) is 46.4 Å². The number of hydrogen-bond donors (Lipinski definition) is 3. The fourth-order valence-electron chi connectivity index (χ4n) is 4.14. The van der Waals surface area contributed by atoms with Crippen LogP contribution in [0.2, 0.25) is 0 Å². The van der Waals surface area contributed by atoms with Gasteiger partial charge in [0.2, 0.25) is 0 Å². The maximum atomic E-state index is 6.31. The molecule has 3 aliphatic heterocycles. The van der Waals surface area contributed by atoms with Gasteiger partial charge in [0.25, 0.3) is 0 Å². The minimum absolute atomic E-state index is 0.301. The summed E-state index contributed by atoms with van der Waals surface area (Å²) in [6.45, 7) is 2.96. The van der Waals surface area contributed by atoms with Crippen molar-refractivity contribution in [3.8, 4) is 0 Å². The number of likely N-dealkylation sites (tertiary alicyclic amines) is 1. The summed E-state index contributed by atoms with van der Waals surface area (Å²) in [6.07, 6.45) is 6.44. The molecule has 7 nitrogen and oxygen atoms in total. The van der Waals surface area contributed by atoms with Crippen molar-refractivity contribution >= 4 is 17.4 Å². The van der Waals surface area contributed by atoms with Crippen molar-refractivity contribution in [2.24, 2.45) is 16.5 Å². The lowest BCUT2D eigenvalue weighted by molar-refractivity contribution is 0.327. The molecule has 0 spiro atoms. The number of nitrogens with two attached hydrogens (primary N) is 2. The minimum atomic E-state index is -0.349. The van der Waals surface area contributed by atoms with Crippen molar-refractivity contribution in [2.75, 3.05) is 13.1 Å². The zero-order valence-electron chi connectivity index (χ0n) is 16.2. The molecule has 7 heteroatoms. The summed E-state index contributed by atoms with van der Waals surface area (Å²) in [6, 6.07) is 14.7. The van der Waals surface area contributed by atoms with Crippen LogP contribution in [0.3, 0.4) is 0 Å². The second-order valence-electron chi connectivity index (χ2n) is 7.76. The smallest absolute Gasteiger partial charge is 0.155 e. The van der Waals surface area contributed by atoms with Crippen molar-refractivity contribution in [1.29, 1.82) is 0 Å². The van der Waals surface area contributed by atoms with E-state index in [4.69, 9.17) is 16.5 Å². The van der Waals surface area contributed by atoms with Crippen LogP contribution in [0.15, 0.2) is 65.7 Å². The van der Waals surface area contributed by atoms with Gasteiger partial charge in [-0.15, -0.1) is 0 Å². The number of benzene rings is 1. The number of hydrazine groups is 1. The third-order valence-corrected chi connectivity index (χ3v) is 5.57. The van der Waals surface area contributed by atoms with Crippen LogP contribution in [0.4, 0.5) is 0 Å². The summed E-state index contributed by atoms with van der Waals surface area (Å²) in [7, 11) is 0. The molecule has 1 saturated heterocycles. The lowest BCUT2D eigenvalue weighted by Gasteiger charge is -2.21. The largest absolute Gasteiger partial charge is 0.326 e. The Bertz CT molecular complexity index is 995. The van der Waals surface area contributed by atoms with Gasteiger partial charge in [-0.2, -0.15) is 0 Å². The quantitative estimate of drug-likeness (QED) is 0.736. The third-order valence-electron chi connectivity index (χ3n) is 5.57. The summed E-state index contributed by atoms with van der Waals surface area (Å²) in [5.74, 6) is 0.794. The van der Waals surface area contributed by atoms with Gasteiger partial charge in [0.05, 0.1) is 11.3 Å². The molecule has 29 heavy (non-hydrogen) atoms. The predicted molar refractivity (Wildman–Crippen MR) is 115 cm³/mol. The monoisotopic (exact) mass is 387 g/mol. The summed E-state index contributed by atoms with van der Waals surface area (Å²) < 4.78 is 0. The van der Waals surface area contributed by atoms with Crippen LogP contribution in [0, 0.1) is 0 Å². The summed E-state index contributed by atoms with van der Waals surface area (Å²) >= 11 is 0. The summed E-state index contributed by atoms with van der Waals surface area (Å²) in [4.78, 5) is 11.5. The Labute approximate surface area is 170 Å². The maximum absolute atomic E-state index is 6.31. The predicted octanol–water partition coefficient (Wildman–Crippen LogP) is 1.51. The van der Waals surface area contributed by atoms with E-state index in [2.05, 4.69) is 39.6 Å². The van der Waals surface area contributed by atoms with Gasteiger partial charge in [0, 0.05) is 49.9 Å². The van der Waals surface area contributed by atoms with E-state index in [0.29, 0.717) is 6.04 Å². The number of hydrogen-bond acceptors (Lipinski definition) is 7. The first-order valence-corrected chi connectivity index (χ1v) is 9.97. The second-order valence-corrected chi connectivity index (χ2v) is 7.76. The normalized spacial score (nSPS) is 24.2. The van der Waals surface area contributed by atoms with Gasteiger partial charge in [0.1, 0.15) is 6.17 Å². The minimum Gasteiger partial charge on any atom is -0.326 e. The van der Waals surface area contributed by atoms with Gasteiger partial charge in [-0.25, -0.2) is 10.4 Å². The van der Waals surface area contributed by atoms with Gasteiger partial charge in [-0.3, -0.25) is 14.9 Å². The molecule has 1 aromatic heterocycles. The van der Waals surface area contributed by atoms with E-state index in [9.17, 15) is 0 Å². The SMILES string of the molecule is NC1NN2C=C(c3cccc(CN4CC[C@H](N)C4)c3)C=NC2=C1c1ccccn1. The number of fused-ring (bicyclic) bond motifs is 1. The average Bonchev–Trinajstić information content (AvgIpc) is 3.29. The summed E-state index contributed by atoms with van der Waals surface area (Å²) in [5, 5.41) is 1.90. The number of allylic oxidation sites excluding steroid dienone is 1. The zero-order valence-corrected chi connectivity index (χ0v) is 16.2. The van der Waals surface area contributed by atoms with E-state index in [0.717, 1.165) is 54.3 Å². The van der Waals surface area contributed by atoms with Crippen molar-refractivity contribution in [2.45, 2.75) is 25.2 Å².